The molecule has 0 amide bonds. The predicted molar refractivity (Wildman–Crippen MR) is 65.8 cm³/mol. The maximum absolute atomic E-state index is 5.95. The Bertz CT molecular complexity index is 305. The lowest BCUT2D eigenvalue weighted by Crippen LogP contribution is -2.41. The van der Waals surface area contributed by atoms with Gasteiger partial charge in [0, 0.05) is 5.75 Å². The molecule has 2 aliphatic rings. The van der Waals surface area contributed by atoms with E-state index in [0.717, 1.165) is 11.2 Å². The Kier molecular flexibility index (Phi) is 2.78. The number of allylic oxidation sites excluding steroid dienone is 2. The van der Waals surface area contributed by atoms with E-state index in [1.165, 1.54) is 0 Å². The summed E-state index contributed by atoms with van der Waals surface area (Å²) in [7, 11) is -0.202. The van der Waals surface area contributed by atoms with Gasteiger partial charge in [0.25, 0.3) is 0 Å². The molecular formula is C11H17BO2S. The van der Waals surface area contributed by atoms with E-state index in [-0.39, 0.29) is 18.3 Å². The molecule has 1 fully saturated rings. The van der Waals surface area contributed by atoms with Gasteiger partial charge in [0.15, 0.2) is 0 Å². The van der Waals surface area contributed by atoms with Crippen LogP contribution >= 0.6 is 11.8 Å². The monoisotopic (exact) mass is 224 g/mol. The van der Waals surface area contributed by atoms with E-state index in [9.17, 15) is 0 Å². The Balaban J connectivity index is 2.16. The SMILES string of the molecule is CC1(C)OB(C2=CCSC=C2)OC1(C)C. The highest BCUT2D eigenvalue weighted by Crippen LogP contribution is 2.39. The summed E-state index contributed by atoms with van der Waals surface area (Å²) in [5.41, 5.74) is 0.667. The van der Waals surface area contributed by atoms with Crippen molar-refractivity contribution in [1.29, 1.82) is 0 Å². The smallest absolute Gasteiger partial charge is 0.399 e. The summed E-state index contributed by atoms with van der Waals surface area (Å²) in [6.07, 6.45) is 4.25. The highest BCUT2D eigenvalue weighted by Gasteiger charge is 2.51. The molecule has 2 heterocycles. The summed E-state index contributed by atoms with van der Waals surface area (Å²) in [4.78, 5) is 0. The van der Waals surface area contributed by atoms with Crippen molar-refractivity contribution in [2.45, 2.75) is 38.9 Å². The molecule has 0 aromatic rings. The van der Waals surface area contributed by atoms with Crippen molar-refractivity contribution in [3.8, 4) is 0 Å². The van der Waals surface area contributed by atoms with Crippen molar-refractivity contribution in [2.24, 2.45) is 0 Å². The van der Waals surface area contributed by atoms with Crippen molar-refractivity contribution < 1.29 is 9.31 Å². The van der Waals surface area contributed by atoms with E-state index in [1.54, 1.807) is 11.8 Å². The van der Waals surface area contributed by atoms with E-state index in [2.05, 4.69) is 45.3 Å². The molecule has 0 atom stereocenters. The van der Waals surface area contributed by atoms with E-state index >= 15 is 0 Å². The molecule has 2 nitrogen and oxygen atoms in total. The number of hydrogen-bond acceptors (Lipinski definition) is 3. The van der Waals surface area contributed by atoms with E-state index in [1.807, 2.05) is 0 Å². The van der Waals surface area contributed by atoms with Crippen LogP contribution in [0.25, 0.3) is 0 Å². The Morgan fingerprint density at radius 3 is 2.27 bits per heavy atom. The third-order valence-electron chi connectivity index (χ3n) is 3.30. The van der Waals surface area contributed by atoms with Crippen LogP contribution in [0.15, 0.2) is 23.0 Å². The molecular weight excluding hydrogens is 207 g/mol. The van der Waals surface area contributed by atoms with Gasteiger partial charge < -0.3 is 9.31 Å². The fourth-order valence-corrected chi connectivity index (χ4v) is 2.20. The summed E-state index contributed by atoms with van der Waals surface area (Å²) in [6.45, 7) is 8.31. The first-order valence-electron chi connectivity index (χ1n) is 5.26. The Morgan fingerprint density at radius 2 is 1.80 bits per heavy atom. The van der Waals surface area contributed by atoms with Crippen LogP contribution < -0.4 is 0 Å². The maximum atomic E-state index is 5.95. The summed E-state index contributed by atoms with van der Waals surface area (Å²) in [6, 6.07) is 0. The fourth-order valence-electron chi connectivity index (χ4n) is 1.55. The van der Waals surface area contributed by atoms with E-state index < -0.39 is 0 Å². The minimum Gasteiger partial charge on any atom is -0.399 e. The van der Waals surface area contributed by atoms with Gasteiger partial charge >= 0.3 is 7.12 Å². The van der Waals surface area contributed by atoms with Crippen LogP contribution in [0.4, 0.5) is 0 Å². The average molecular weight is 224 g/mol. The van der Waals surface area contributed by atoms with Crippen molar-refractivity contribution in [2.75, 3.05) is 5.75 Å². The first-order valence-corrected chi connectivity index (χ1v) is 6.31. The molecule has 0 radical (unpaired) electrons. The van der Waals surface area contributed by atoms with Crippen molar-refractivity contribution in [1.82, 2.24) is 0 Å². The largest absolute Gasteiger partial charge is 0.494 e. The van der Waals surface area contributed by atoms with Crippen LogP contribution in [0.5, 0.6) is 0 Å². The van der Waals surface area contributed by atoms with Crippen LogP contribution in [0, 0.1) is 0 Å². The molecule has 15 heavy (non-hydrogen) atoms. The van der Waals surface area contributed by atoms with Crippen LogP contribution in [-0.4, -0.2) is 24.1 Å². The lowest BCUT2D eigenvalue weighted by molar-refractivity contribution is 0.00578. The predicted octanol–water partition coefficient (Wildman–Crippen LogP) is 2.80. The molecule has 0 saturated carbocycles. The van der Waals surface area contributed by atoms with Gasteiger partial charge in [-0.3, -0.25) is 0 Å². The zero-order chi connectivity index (χ0) is 11.1. The van der Waals surface area contributed by atoms with Crippen LogP contribution in [-0.2, 0) is 9.31 Å². The zero-order valence-electron chi connectivity index (χ0n) is 9.74. The Hall–Kier alpha value is -0.185. The summed E-state index contributed by atoms with van der Waals surface area (Å²) in [5, 5.41) is 2.10. The minimum atomic E-state index is -0.239. The molecule has 4 heteroatoms. The number of rotatable bonds is 1. The molecule has 2 aliphatic heterocycles. The normalized spacial score (nSPS) is 28.0. The van der Waals surface area contributed by atoms with Gasteiger partial charge in [-0.05, 0) is 38.6 Å². The van der Waals surface area contributed by atoms with Crippen molar-refractivity contribution in [3.63, 3.8) is 0 Å². The third kappa shape index (κ3) is 2.03. The lowest BCUT2D eigenvalue weighted by atomic mass is 9.78. The van der Waals surface area contributed by atoms with E-state index in [0.29, 0.717) is 0 Å². The molecule has 0 aromatic carbocycles. The van der Waals surface area contributed by atoms with Gasteiger partial charge in [0.2, 0.25) is 0 Å². The van der Waals surface area contributed by atoms with Gasteiger partial charge in [-0.25, -0.2) is 0 Å². The van der Waals surface area contributed by atoms with Gasteiger partial charge in [-0.15, -0.1) is 11.8 Å². The highest BCUT2D eigenvalue weighted by molar-refractivity contribution is 8.02. The minimum absolute atomic E-state index is 0.202. The summed E-state index contributed by atoms with van der Waals surface area (Å²) >= 11 is 1.79. The Labute approximate surface area is 96.2 Å². The molecule has 0 spiro atoms. The van der Waals surface area contributed by atoms with Crippen molar-refractivity contribution >= 4 is 18.9 Å². The van der Waals surface area contributed by atoms with Gasteiger partial charge in [0.05, 0.1) is 11.2 Å². The number of hydrogen-bond donors (Lipinski definition) is 0. The van der Waals surface area contributed by atoms with Crippen LogP contribution in [0.2, 0.25) is 0 Å². The molecule has 0 N–H and O–H groups in total. The van der Waals surface area contributed by atoms with Crippen LogP contribution in [0.3, 0.4) is 0 Å². The zero-order valence-corrected chi connectivity index (χ0v) is 10.6. The second-order valence-corrected chi connectivity index (χ2v) is 5.87. The van der Waals surface area contributed by atoms with Gasteiger partial charge in [0.1, 0.15) is 0 Å². The molecule has 2 rings (SSSR count). The summed E-state index contributed by atoms with van der Waals surface area (Å²) < 4.78 is 11.9. The van der Waals surface area contributed by atoms with Crippen molar-refractivity contribution in [3.05, 3.63) is 23.0 Å². The average Bonchev–Trinajstić information content (AvgIpc) is 2.38. The number of thioether (sulfide) groups is 1. The quantitative estimate of drug-likeness (QED) is 0.638. The molecule has 0 aromatic heterocycles. The topological polar surface area (TPSA) is 18.5 Å². The van der Waals surface area contributed by atoms with Crippen LogP contribution in [0.1, 0.15) is 27.7 Å². The van der Waals surface area contributed by atoms with Gasteiger partial charge in [-0.2, -0.15) is 0 Å². The summed E-state index contributed by atoms with van der Waals surface area (Å²) in [5.74, 6) is 1.01. The maximum Gasteiger partial charge on any atom is 0.494 e. The standard InChI is InChI=1S/C11H17BO2S/c1-10(2)11(3,4)14-12(13-10)9-5-7-15-8-6-9/h5-7H,8H2,1-4H3. The molecule has 0 bridgehead atoms. The van der Waals surface area contributed by atoms with E-state index in [4.69, 9.17) is 9.31 Å². The lowest BCUT2D eigenvalue weighted by Gasteiger charge is -2.32. The first kappa shape index (κ1) is 11.3. The third-order valence-corrected chi connectivity index (χ3v) is 3.99. The second kappa shape index (κ2) is 3.68. The Morgan fingerprint density at radius 1 is 1.20 bits per heavy atom. The first-order chi connectivity index (χ1) is 6.92. The second-order valence-electron chi connectivity index (χ2n) is 4.93. The highest BCUT2D eigenvalue weighted by atomic mass is 32.2. The van der Waals surface area contributed by atoms with Gasteiger partial charge in [-0.1, -0.05) is 12.2 Å². The molecule has 0 unspecified atom stereocenters. The molecule has 1 saturated heterocycles. The molecule has 0 aliphatic carbocycles. The fraction of sp³-hybridized carbons (Fsp3) is 0.636. The molecule has 82 valence electrons.